The van der Waals surface area contributed by atoms with Crippen molar-refractivity contribution in [3.05, 3.63) is 63.4 Å². The number of nitrogens with one attached hydrogen (secondary N) is 3. The second-order valence-electron chi connectivity index (χ2n) is 7.27. The first kappa shape index (κ1) is 25.5. The van der Waals surface area contributed by atoms with Crippen LogP contribution in [0.4, 0.5) is 18.9 Å². The van der Waals surface area contributed by atoms with Crippen molar-refractivity contribution < 1.29 is 27.6 Å². The third-order valence-corrected chi connectivity index (χ3v) is 4.78. The zero-order chi connectivity index (χ0) is 24.0. The number of carbonyl (C=O) groups excluding carboxylic acids is 3. The molecule has 0 heterocycles. The second kappa shape index (κ2) is 11.2. The molecular formula is C21H20Cl2F3N3O3. The van der Waals surface area contributed by atoms with Gasteiger partial charge in [-0.15, -0.1) is 0 Å². The predicted molar refractivity (Wildman–Crippen MR) is 115 cm³/mol. The van der Waals surface area contributed by atoms with Crippen LogP contribution in [-0.4, -0.2) is 30.3 Å². The Bertz CT molecular complexity index is 1030. The number of amides is 3. The van der Waals surface area contributed by atoms with Crippen LogP contribution in [-0.2, 0) is 9.59 Å². The van der Waals surface area contributed by atoms with Crippen molar-refractivity contribution in [2.45, 2.75) is 26.3 Å². The Morgan fingerprint density at radius 1 is 1.00 bits per heavy atom. The fourth-order valence-corrected chi connectivity index (χ4v) is 3.21. The van der Waals surface area contributed by atoms with Gasteiger partial charge in [-0.25, -0.2) is 13.2 Å². The van der Waals surface area contributed by atoms with Gasteiger partial charge in [-0.2, -0.15) is 0 Å². The Morgan fingerprint density at radius 3 is 2.31 bits per heavy atom. The molecule has 0 radical (unpaired) electrons. The lowest BCUT2D eigenvalue weighted by molar-refractivity contribution is -0.125. The van der Waals surface area contributed by atoms with E-state index in [0.29, 0.717) is 11.1 Å². The van der Waals surface area contributed by atoms with E-state index in [4.69, 9.17) is 23.2 Å². The molecule has 0 aliphatic heterocycles. The number of hydrogen-bond acceptors (Lipinski definition) is 3. The summed E-state index contributed by atoms with van der Waals surface area (Å²) < 4.78 is 39.9. The summed E-state index contributed by atoms with van der Waals surface area (Å²) in [5.74, 6) is -6.84. The van der Waals surface area contributed by atoms with Crippen LogP contribution in [0.15, 0.2) is 30.3 Å². The van der Waals surface area contributed by atoms with Crippen LogP contribution in [0, 0.1) is 23.4 Å². The molecule has 1 unspecified atom stereocenters. The standard InChI is InChI=1S/C21H20Cl2F3N3O3/c1-10(2)7-16(29-20(31)12-4-3-11(22)8-13(12)23)21(32)27-9-17(30)28-15-6-5-14(24)18(25)19(15)26/h3-6,8,10,16H,7,9H2,1-2H3,(H,27,32)(H,28,30)(H,29,31). The summed E-state index contributed by atoms with van der Waals surface area (Å²) in [6.45, 7) is 3.07. The normalized spacial score (nSPS) is 11.8. The maximum Gasteiger partial charge on any atom is 0.253 e. The maximum atomic E-state index is 13.7. The minimum Gasteiger partial charge on any atom is -0.345 e. The molecular weight excluding hydrogens is 470 g/mol. The fraction of sp³-hybridized carbons (Fsp3) is 0.286. The van der Waals surface area contributed by atoms with Crippen LogP contribution in [0.1, 0.15) is 30.6 Å². The van der Waals surface area contributed by atoms with Crippen molar-refractivity contribution >= 4 is 46.6 Å². The third kappa shape index (κ3) is 6.86. The van der Waals surface area contributed by atoms with Crippen LogP contribution in [0.5, 0.6) is 0 Å². The molecule has 6 nitrogen and oxygen atoms in total. The molecule has 0 aromatic heterocycles. The summed E-state index contributed by atoms with van der Waals surface area (Å²) in [5.41, 5.74) is -0.461. The molecule has 172 valence electrons. The summed E-state index contributed by atoms with van der Waals surface area (Å²) >= 11 is 11.8. The first-order valence-corrected chi connectivity index (χ1v) is 10.2. The predicted octanol–water partition coefficient (Wildman–Crippen LogP) is 4.31. The molecule has 2 aromatic rings. The molecule has 0 saturated carbocycles. The van der Waals surface area contributed by atoms with E-state index in [9.17, 15) is 27.6 Å². The van der Waals surface area contributed by atoms with Crippen LogP contribution < -0.4 is 16.0 Å². The lowest BCUT2D eigenvalue weighted by Gasteiger charge is -2.20. The van der Waals surface area contributed by atoms with Gasteiger partial charge in [-0.05, 0) is 42.7 Å². The SMILES string of the molecule is CC(C)CC(NC(=O)c1ccc(Cl)cc1Cl)C(=O)NCC(=O)Nc1ccc(F)c(F)c1F. The monoisotopic (exact) mass is 489 g/mol. The molecule has 3 amide bonds. The summed E-state index contributed by atoms with van der Waals surface area (Å²) in [5, 5.41) is 7.37. The van der Waals surface area contributed by atoms with Gasteiger partial charge >= 0.3 is 0 Å². The van der Waals surface area contributed by atoms with Gasteiger partial charge in [-0.1, -0.05) is 37.0 Å². The van der Waals surface area contributed by atoms with Gasteiger partial charge in [0.1, 0.15) is 6.04 Å². The lowest BCUT2D eigenvalue weighted by atomic mass is 10.0. The van der Waals surface area contributed by atoms with Crippen molar-refractivity contribution in [3.8, 4) is 0 Å². The fourth-order valence-electron chi connectivity index (χ4n) is 2.72. The van der Waals surface area contributed by atoms with E-state index >= 15 is 0 Å². The smallest absolute Gasteiger partial charge is 0.253 e. The molecule has 0 fully saturated rings. The minimum atomic E-state index is -1.73. The zero-order valence-electron chi connectivity index (χ0n) is 17.1. The Kier molecular flexibility index (Phi) is 8.91. The molecule has 11 heteroatoms. The molecule has 3 N–H and O–H groups in total. The first-order chi connectivity index (χ1) is 15.0. The lowest BCUT2D eigenvalue weighted by Crippen LogP contribution is -2.49. The van der Waals surface area contributed by atoms with Crippen molar-refractivity contribution in [3.63, 3.8) is 0 Å². The average molecular weight is 490 g/mol. The number of hydrogen-bond donors (Lipinski definition) is 3. The van der Waals surface area contributed by atoms with Crippen molar-refractivity contribution in [1.82, 2.24) is 10.6 Å². The summed E-state index contributed by atoms with van der Waals surface area (Å²) in [6.07, 6.45) is 0.252. The highest BCUT2D eigenvalue weighted by Gasteiger charge is 2.24. The first-order valence-electron chi connectivity index (χ1n) is 9.46. The van der Waals surface area contributed by atoms with Gasteiger partial charge in [0.05, 0.1) is 22.8 Å². The van der Waals surface area contributed by atoms with Gasteiger partial charge < -0.3 is 16.0 Å². The Morgan fingerprint density at radius 2 is 1.69 bits per heavy atom. The summed E-state index contributed by atoms with van der Waals surface area (Å²) in [6, 6.07) is 4.78. The molecule has 2 aromatic carbocycles. The van der Waals surface area contributed by atoms with E-state index < -0.39 is 53.4 Å². The van der Waals surface area contributed by atoms with Crippen molar-refractivity contribution in [2.75, 3.05) is 11.9 Å². The van der Waals surface area contributed by atoms with Crippen LogP contribution in [0.2, 0.25) is 10.0 Å². The largest absolute Gasteiger partial charge is 0.345 e. The quantitative estimate of drug-likeness (QED) is 0.482. The van der Waals surface area contributed by atoms with Crippen LogP contribution in [0.25, 0.3) is 0 Å². The highest BCUT2D eigenvalue weighted by atomic mass is 35.5. The number of halogens is 5. The van der Waals surface area contributed by atoms with Gasteiger partial charge in [0.25, 0.3) is 5.91 Å². The minimum absolute atomic E-state index is 0.0110. The summed E-state index contributed by atoms with van der Waals surface area (Å²) in [4.78, 5) is 37.1. The second-order valence-corrected chi connectivity index (χ2v) is 8.11. The zero-order valence-corrected chi connectivity index (χ0v) is 18.6. The number of anilines is 1. The molecule has 32 heavy (non-hydrogen) atoms. The Hall–Kier alpha value is -2.78. The van der Waals surface area contributed by atoms with Crippen molar-refractivity contribution in [2.24, 2.45) is 5.92 Å². The Balaban J connectivity index is 2.02. The highest BCUT2D eigenvalue weighted by molar-refractivity contribution is 6.36. The molecule has 0 aliphatic rings. The van der Waals surface area contributed by atoms with Crippen LogP contribution in [0.3, 0.4) is 0 Å². The molecule has 1 atom stereocenters. The van der Waals surface area contributed by atoms with E-state index in [1.54, 1.807) is 0 Å². The summed E-state index contributed by atoms with van der Waals surface area (Å²) in [7, 11) is 0. The number of rotatable bonds is 8. The highest BCUT2D eigenvalue weighted by Crippen LogP contribution is 2.21. The maximum absolute atomic E-state index is 13.7. The average Bonchev–Trinajstić information content (AvgIpc) is 2.71. The van der Waals surface area contributed by atoms with Gasteiger partial charge in [-0.3, -0.25) is 14.4 Å². The van der Waals surface area contributed by atoms with Gasteiger partial charge in [0, 0.05) is 5.02 Å². The molecule has 0 bridgehead atoms. The molecule has 0 spiro atoms. The van der Waals surface area contributed by atoms with E-state index in [0.717, 1.165) is 6.07 Å². The van der Waals surface area contributed by atoms with Gasteiger partial charge in [0.2, 0.25) is 11.8 Å². The van der Waals surface area contributed by atoms with Crippen LogP contribution >= 0.6 is 23.2 Å². The van der Waals surface area contributed by atoms with E-state index in [-0.39, 0.29) is 22.9 Å². The topological polar surface area (TPSA) is 87.3 Å². The third-order valence-electron chi connectivity index (χ3n) is 4.24. The van der Waals surface area contributed by atoms with E-state index in [1.165, 1.54) is 18.2 Å². The van der Waals surface area contributed by atoms with E-state index in [2.05, 4.69) is 10.6 Å². The van der Waals surface area contributed by atoms with E-state index in [1.807, 2.05) is 19.2 Å². The number of benzene rings is 2. The van der Waals surface area contributed by atoms with Gasteiger partial charge in [0.15, 0.2) is 17.5 Å². The Labute approximate surface area is 192 Å². The molecule has 0 saturated heterocycles. The van der Waals surface area contributed by atoms with Crippen molar-refractivity contribution in [1.29, 1.82) is 0 Å². The number of carbonyl (C=O) groups is 3. The molecule has 2 rings (SSSR count). The molecule has 0 aliphatic carbocycles.